The molecule has 1 amide bonds. The normalized spacial score (nSPS) is 13.9. The molecule has 1 N–H and O–H groups in total. The summed E-state index contributed by atoms with van der Waals surface area (Å²) in [7, 11) is 1.39. The van der Waals surface area contributed by atoms with Crippen LogP contribution in [0, 0.1) is 0 Å². The van der Waals surface area contributed by atoms with Crippen molar-refractivity contribution in [1.82, 2.24) is 4.31 Å². The number of amides is 1. The van der Waals surface area contributed by atoms with Gasteiger partial charge < -0.3 is 15.0 Å². The Labute approximate surface area is 153 Å². The lowest BCUT2D eigenvalue weighted by Gasteiger charge is -2.28. The van der Waals surface area contributed by atoms with Gasteiger partial charge in [-0.15, -0.1) is 0 Å². The third kappa shape index (κ3) is 3.51. The molecule has 0 unspecified atom stereocenters. The second-order valence-electron chi connectivity index (χ2n) is 6.22. The van der Waals surface area contributed by atoms with Crippen LogP contribution in [0.3, 0.4) is 0 Å². The molecule has 0 atom stereocenters. The molecule has 1 heterocycles. The van der Waals surface area contributed by atoms with Gasteiger partial charge in [0, 0.05) is 32.4 Å². The Bertz CT molecular complexity index is 924. The predicted octanol–water partition coefficient (Wildman–Crippen LogP) is 2.02. The monoisotopic (exact) mass is 375 g/mol. The topological polar surface area (TPSA) is 79.0 Å². The Morgan fingerprint density at radius 2 is 1.85 bits per heavy atom. The fourth-order valence-corrected chi connectivity index (χ4v) is 3.52. The van der Waals surface area contributed by atoms with Crippen LogP contribution in [0.4, 0.5) is 11.4 Å². The van der Waals surface area contributed by atoms with Crippen LogP contribution in [0.2, 0.25) is 0 Å². The summed E-state index contributed by atoms with van der Waals surface area (Å²) in [5.74, 6) is 0.480. The first-order valence-corrected chi connectivity index (χ1v) is 9.55. The second-order valence-corrected chi connectivity index (χ2v) is 8.37. The molecular formula is C18H21N3O4S. The molecule has 26 heavy (non-hydrogen) atoms. The summed E-state index contributed by atoms with van der Waals surface area (Å²) in [6.45, 7) is 1.42. The number of hydrogen-bond acceptors (Lipinski definition) is 5. The number of hydrogen-bond donors (Lipinski definition) is 1. The van der Waals surface area contributed by atoms with Crippen LogP contribution in [-0.4, -0.2) is 52.9 Å². The van der Waals surface area contributed by atoms with Crippen molar-refractivity contribution in [3.05, 3.63) is 48.0 Å². The molecule has 0 aromatic heterocycles. The first kappa shape index (κ1) is 18.2. The zero-order valence-electron chi connectivity index (χ0n) is 14.9. The highest BCUT2D eigenvalue weighted by molar-refractivity contribution is 7.89. The van der Waals surface area contributed by atoms with Gasteiger partial charge in [-0.05, 0) is 42.5 Å². The largest absolute Gasteiger partial charge is 0.490 e. The van der Waals surface area contributed by atoms with Gasteiger partial charge in [-0.25, -0.2) is 12.7 Å². The van der Waals surface area contributed by atoms with Gasteiger partial charge in [-0.3, -0.25) is 4.79 Å². The van der Waals surface area contributed by atoms with Crippen molar-refractivity contribution < 1.29 is 17.9 Å². The number of anilines is 2. The van der Waals surface area contributed by atoms with Crippen molar-refractivity contribution in [2.45, 2.75) is 4.90 Å². The fraction of sp³-hybridized carbons (Fsp3) is 0.278. The third-order valence-electron chi connectivity index (χ3n) is 4.21. The maximum atomic E-state index is 12.4. The van der Waals surface area contributed by atoms with Crippen LogP contribution in [-0.2, 0) is 10.0 Å². The zero-order valence-corrected chi connectivity index (χ0v) is 15.7. The summed E-state index contributed by atoms with van der Waals surface area (Å²) in [5.41, 5.74) is 1.95. The molecule has 0 saturated carbocycles. The first-order chi connectivity index (χ1) is 12.3. The van der Waals surface area contributed by atoms with Crippen LogP contribution in [0.25, 0.3) is 0 Å². The predicted molar refractivity (Wildman–Crippen MR) is 100 cm³/mol. The van der Waals surface area contributed by atoms with E-state index in [1.165, 1.54) is 38.4 Å². The van der Waals surface area contributed by atoms with E-state index in [9.17, 15) is 13.2 Å². The van der Waals surface area contributed by atoms with E-state index in [-0.39, 0.29) is 10.8 Å². The van der Waals surface area contributed by atoms with E-state index in [1.54, 1.807) is 6.07 Å². The van der Waals surface area contributed by atoms with Crippen molar-refractivity contribution in [1.29, 1.82) is 0 Å². The molecule has 0 saturated heterocycles. The Balaban J connectivity index is 1.78. The van der Waals surface area contributed by atoms with Gasteiger partial charge in [0.1, 0.15) is 12.4 Å². The molecular weight excluding hydrogens is 354 g/mol. The zero-order chi connectivity index (χ0) is 18.9. The highest BCUT2D eigenvalue weighted by Gasteiger charge is 2.18. The highest BCUT2D eigenvalue weighted by atomic mass is 32.2. The molecule has 8 heteroatoms. The van der Waals surface area contributed by atoms with E-state index < -0.39 is 10.0 Å². The molecule has 1 aliphatic rings. The lowest BCUT2D eigenvalue weighted by Crippen LogP contribution is -2.28. The summed E-state index contributed by atoms with van der Waals surface area (Å²) in [5, 5.41) is 2.83. The summed E-state index contributed by atoms with van der Waals surface area (Å²) in [6, 6.07) is 11.3. The van der Waals surface area contributed by atoms with Gasteiger partial charge in [0.05, 0.1) is 17.1 Å². The van der Waals surface area contributed by atoms with Crippen LogP contribution in [0.5, 0.6) is 5.75 Å². The second kappa shape index (κ2) is 6.97. The summed E-state index contributed by atoms with van der Waals surface area (Å²) in [4.78, 5) is 14.7. The van der Waals surface area contributed by atoms with E-state index in [0.29, 0.717) is 17.9 Å². The number of likely N-dealkylation sites (N-methyl/N-ethyl adjacent to an activating group) is 1. The number of ether oxygens (including phenoxy) is 1. The minimum atomic E-state index is -3.51. The average Bonchev–Trinajstić information content (AvgIpc) is 2.62. The van der Waals surface area contributed by atoms with Crippen LogP contribution < -0.4 is 15.0 Å². The Hall–Kier alpha value is -2.58. The maximum absolute atomic E-state index is 12.4. The highest BCUT2D eigenvalue weighted by Crippen LogP contribution is 2.33. The third-order valence-corrected chi connectivity index (χ3v) is 6.04. The molecule has 3 rings (SSSR count). The van der Waals surface area contributed by atoms with Gasteiger partial charge in [-0.1, -0.05) is 0 Å². The molecule has 1 aliphatic heterocycles. The molecule has 0 spiro atoms. The molecule has 2 aromatic carbocycles. The van der Waals surface area contributed by atoms with Gasteiger partial charge >= 0.3 is 0 Å². The van der Waals surface area contributed by atoms with E-state index in [4.69, 9.17) is 4.74 Å². The van der Waals surface area contributed by atoms with Gasteiger partial charge in [0.25, 0.3) is 5.91 Å². The molecule has 2 aromatic rings. The quantitative estimate of drug-likeness (QED) is 0.884. The van der Waals surface area contributed by atoms with Crippen LogP contribution in [0.15, 0.2) is 47.4 Å². The molecule has 138 valence electrons. The van der Waals surface area contributed by atoms with E-state index >= 15 is 0 Å². The first-order valence-electron chi connectivity index (χ1n) is 8.11. The minimum absolute atomic E-state index is 0.145. The van der Waals surface area contributed by atoms with E-state index in [2.05, 4.69) is 10.2 Å². The number of nitrogens with one attached hydrogen (secondary N) is 1. The molecule has 7 nitrogen and oxygen atoms in total. The maximum Gasteiger partial charge on any atom is 0.255 e. The number of carbonyl (C=O) groups is 1. The summed E-state index contributed by atoms with van der Waals surface area (Å²) >= 11 is 0. The van der Waals surface area contributed by atoms with Crippen molar-refractivity contribution in [3.63, 3.8) is 0 Å². The molecule has 0 bridgehead atoms. The van der Waals surface area contributed by atoms with Gasteiger partial charge in [0.2, 0.25) is 10.0 Å². The van der Waals surface area contributed by atoms with Crippen molar-refractivity contribution >= 4 is 27.3 Å². The minimum Gasteiger partial charge on any atom is -0.490 e. The fourth-order valence-electron chi connectivity index (χ4n) is 2.62. The van der Waals surface area contributed by atoms with Gasteiger partial charge in [-0.2, -0.15) is 0 Å². The number of carbonyl (C=O) groups excluding carboxylic acids is 1. The Kier molecular flexibility index (Phi) is 4.88. The standard InChI is InChI=1S/C18H21N3O4S/c1-20(2)26(23,24)15-7-4-13(5-8-15)18(22)19-14-6-9-17-16(12-14)21(3)10-11-25-17/h4-9,12H,10-11H2,1-3H3,(H,19,22). The Morgan fingerprint density at radius 1 is 1.15 bits per heavy atom. The molecule has 0 radical (unpaired) electrons. The number of benzene rings is 2. The van der Waals surface area contributed by atoms with Gasteiger partial charge in [0.15, 0.2) is 0 Å². The van der Waals surface area contributed by atoms with Crippen LogP contribution >= 0.6 is 0 Å². The summed E-state index contributed by atoms with van der Waals surface area (Å²) < 4.78 is 30.9. The van der Waals surface area contributed by atoms with Crippen LogP contribution in [0.1, 0.15) is 10.4 Å². The lowest BCUT2D eigenvalue weighted by molar-refractivity contribution is 0.102. The van der Waals surface area contributed by atoms with Crippen molar-refractivity contribution in [2.24, 2.45) is 0 Å². The lowest BCUT2D eigenvalue weighted by atomic mass is 10.2. The van der Waals surface area contributed by atoms with Crippen molar-refractivity contribution in [3.8, 4) is 5.75 Å². The number of sulfonamides is 1. The van der Waals surface area contributed by atoms with Crippen molar-refractivity contribution in [2.75, 3.05) is 44.5 Å². The summed E-state index contributed by atoms with van der Waals surface area (Å²) in [6.07, 6.45) is 0. The number of nitrogens with zero attached hydrogens (tertiary/aromatic N) is 2. The number of fused-ring (bicyclic) bond motifs is 1. The molecule has 0 aliphatic carbocycles. The van der Waals surface area contributed by atoms with E-state index in [0.717, 1.165) is 22.3 Å². The number of rotatable bonds is 4. The SMILES string of the molecule is CN1CCOc2ccc(NC(=O)c3ccc(S(=O)(=O)N(C)C)cc3)cc21. The van der Waals surface area contributed by atoms with E-state index in [1.807, 2.05) is 19.2 Å². The molecule has 0 fully saturated rings. The Morgan fingerprint density at radius 3 is 2.50 bits per heavy atom. The average molecular weight is 375 g/mol. The smallest absolute Gasteiger partial charge is 0.255 e.